The second kappa shape index (κ2) is 5.10. The molecule has 0 radical (unpaired) electrons. The maximum absolute atomic E-state index is 14.0. The van der Waals surface area contributed by atoms with Gasteiger partial charge < -0.3 is 10.0 Å². The number of likely N-dealkylation sites (tertiary alicyclic amines) is 1. The molecule has 2 rings (SSSR count). The molecule has 0 bridgehead atoms. The average Bonchev–Trinajstić information content (AvgIpc) is 2.63. The largest absolute Gasteiger partial charge is 0.479 e. The van der Waals surface area contributed by atoms with Crippen LogP contribution in [-0.2, 0) is 9.59 Å². The lowest BCUT2D eigenvalue weighted by Crippen LogP contribution is -2.44. The van der Waals surface area contributed by atoms with Gasteiger partial charge in [-0.05, 0) is 12.8 Å². The number of carboxylic acid groups (broad SMARTS) is 1. The van der Waals surface area contributed by atoms with Crippen LogP contribution >= 0.6 is 0 Å². The maximum Gasteiger partial charge on any atom is 0.343 e. The molecule has 0 aromatic carbocycles. The third-order valence-corrected chi connectivity index (χ3v) is 4.61. The van der Waals surface area contributed by atoms with Crippen LogP contribution in [0.1, 0.15) is 51.9 Å². The van der Waals surface area contributed by atoms with Gasteiger partial charge >= 0.3 is 5.97 Å². The van der Waals surface area contributed by atoms with Gasteiger partial charge in [0.1, 0.15) is 0 Å². The van der Waals surface area contributed by atoms with Crippen LogP contribution in [0.25, 0.3) is 0 Å². The first kappa shape index (κ1) is 14.3. The van der Waals surface area contributed by atoms with Gasteiger partial charge in [0.25, 0.3) is 0 Å². The zero-order valence-electron chi connectivity index (χ0n) is 11.5. The van der Waals surface area contributed by atoms with Gasteiger partial charge in [-0.1, -0.05) is 32.6 Å². The lowest BCUT2D eigenvalue weighted by atomic mass is 9.81. The highest BCUT2D eigenvalue weighted by Gasteiger charge is 2.49. The van der Waals surface area contributed by atoms with E-state index in [0.29, 0.717) is 0 Å². The van der Waals surface area contributed by atoms with Crippen molar-refractivity contribution in [2.45, 2.75) is 57.5 Å². The third kappa shape index (κ3) is 2.74. The molecule has 5 heteroatoms. The summed E-state index contributed by atoms with van der Waals surface area (Å²) in [4.78, 5) is 24.9. The Morgan fingerprint density at radius 3 is 2.16 bits per heavy atom. The molecule has 1 aliphatic heterocycles. The second-order valence-electron chi connectivity index (χ2n) is 6.22. The minimum absolute atomic E-state index is 0.0600. The number of hydrogen-bond donors (Lipinski definition) is 1. The summed E-state index contributed by atoms with van der Waals surface area (Å²) in [5, 5.41) is 8.88. The van der Waals surface area contributed by atoms with Crippen LogP contribution in [0.2, 0.25) is 0 Å². The monoisotopic (exact) mass is 271 g/mol. The van der Waals surface area contributed by atoms with Gasteiger partial charge in [-0.2, -0.15) is 0 Å². The Kier molecular flexibility index (Phi) is 3.83. The normalized spacial score (nSPS) is 30.9. The van der Waals surface area contributed by atoms with E-state index < -0.39 is 17.1 Å². The van der Waals surface area contributed by atoms with Crippen LogP contribution < -0.4 is 0 Å². The number of nitrogens with zero attached hydrogens (tertiary/aromatic N) is 1. The number of amides is 1. The predicted molar refractivity (Wildman–Crippen MR) is 68.5 cm³/mol. The Morgan fingerprint density at radius 1 is 1.11 bits per heavy atom. The van der Waals surface area contributed by atoms with E-state index in [-0.39, 0.29) is 25.4 Å². The molecule has 1 N–H and O–H groups in total. The molecule has 1 unspecified atom stereocenters. The number of rotatable bonds is 2. The van der Waals surface area contributed by atoms with Gasteiger partial charge in [-0.15, -0.1) is 0 Å². The quantitative estimate of drug-likeness (QED) is 0.784. The summed E-state index contributed by atoms with van der Waals surface area (Å²) < 4.78 is 14.0. The van der Waals surface area contributed by atoms with Crippen molar-refractivity contribution in [2.75, 3.05) is 13.1 Å². The molecule has 1 saturated carbocycles. The van der Waals surface area contributed by atoms with E-state index in [1.54, 1.807) is 0 Å². The van der Waals surface area contributed by atoms with Crippen LogP contribution in [-0.4, -0.2) is 40.6 Å². The van der Waals surface area contributed by atoms with Crippen LogP contribution in [0.15, 0.2) is 0 Å². The summed E-state index contributed by atoms with van der Waals surface area (Å²) in [5.41, 5.74) is -2.68. The zero-order chi connectivity index (χ0) is 14.1. The first-order valence-corrected chi connectivity index (χ1v) is 7.09. The highest BCUT2D eigenvalue weighted by Crippen LogP contribution is 2.38. The Labute approximate surface area is 113 Å². The molecule has 1 saturated heterocycles. The van der Waals surface area contributed by atoms with Crippen molar-refractivity contribution in [1.82, 2.24) is 4.90 Å². The minimum atomic E-state index is -2.25. The number of carbonyl (C=O) groups is 2. The Morgan fingerprint density at radius 2 is 1.68 bits per heavy atom. The standard InChI is InChI=1S/C14H22FNO3/c1-13(6-4-2-3-5-7-13)11(17)16-9-8-14(15,10-16)12(18)19/h2-10H2,1H3,(H,18,19). The summed E-state index contributed by atoms with van der Waals surface area (Å²) in [6.07, 6.45) is 5.90. The fraction of sp³-hybridized carbons (Fsp3) is 0.857. The van der Waals surface area contributed by atoms with E-state index in [2.05, 4.69) is 0 Å². The molecule has 108 valence electrons. The van der Waals surface area contributed by atoms with Crippen molar-refractivity contribution in [1.29, 1.82) is 0 Å². The molecule has 2 aliphatic rings. The van der Waals surface area contributed by atoms with E-state index in [4.69, 9.17) is 5.11 Å². The minimum Gasteiger partial charge on any atom is -0.479 e. The van der Waals surface area contributed by atoms with Crippen molar-refractivity contribution >= 4 is 11.9 Å². The van der Waals surface area contributed by atoms with Gasteiger partial charge in [0.2, 0.25) is 11.6 Å². The summed E-state index contributed by atoms with van der Waals surface area (Å²) in [6, 6.07) is 0. The van der Waals surface area contributed by atoms with Crippen molar-refractivity contribution in [3.63, 3.8) is 0 Å². The van der Waals surface area contributed by atoms with Crippen molar-refractivity contribution < 1.29 is 19.1 Å². The molecule has 19 heavy (non-hydrogen) atoms. The SMILES string of the molecule is CC1(C(=O)N2CCC(F)(C(=O)O)C2)CCCCCC1. The Balaban J connectivity index is 2.06. The maximum atomic E-state index is 14.0. The second-order valence-corrected chi connectivity index (χ2v) is 6.22. The molecule has 4 nitrogen and oxygen atoms in total. The Hall–Kier alpha value is -1.13. The number of alkyl halides is 1. The summed E-state index contributed by atoms with van der Waals surface area (Å²) in [7, 11) is 0. The van der Waals surface area contributed by atoms with E-state index >= 15 is 0 Å². The summed E-state index contributed by atoms with van der Waals surface area (Å²) >= 11 is 0. The molecule has 1 heterocycles. The molecule has 0 aromatic heterocycles. The first-order chi connectivity index (χ1) is 8.87. The molecular weight excluding hydrogens is 249 g/mol. The molecule has 1 atom stereocenters. The van der Waals surface area contributed by atoms with Crippen LogP contribution in [0, 0.1) is 5.41 Å². The van der Waals surface area contributed by atoms with E-state index in [0.717, 1.165) is 38.5 Å². The molecule has 1 aliphatic carbocycles. The van der Waals surface area contributed by atoms with Gasteiger partial charge in [0.05, 0.1) is 6.54 Å². The lowest BCUT2D eigenvalue weighted by Gasteiger charge is -2.31. The van der Waals surface area contributed by atoms with Crippen LogP contribution in [0.5, 0.6) is 0 Å². The number of aliphatic carboxylic acids is 1. The smallest absolute Gasteiger partial charge is 0.343 e. The van der Waals surface area contributed by atoms with Gasteiger partial charge in [0, 0.05) is 18.4 Å². The number of carboxylic acids is 1. The van der Waals surface area contributed by atoms with Gasteiger partial charge in [-0.25, -0.2) is 9.18 Å². The van der Waals surface area contributed by atoms with Gasteiger partial charge in [0.15, 0.2) is 0 Å². The van der Waals surface area contributed by atoms with E-state index in [1.807, 2.05) is 6.92 Å². The van der Waals surface area contributed by atoms with Crippen molar-refractivity contribution in [3.8, 4) is 0 Å². The van der Waals surface area contributed by atoms with Crippen LogP contribution in [0.3, 0.4) is 0 Å². The van der Waals surface area contributed by atoms with Crippen molar-refractivity contribution in [3.05, 3.63) is 0 Å². The Bertz CT molecular complexity index is 377. The molecule has 0 spiro atoms. The highest BCUT2D eigenvalue weighted by atomic mass is 19.1. The van der Waals surface area contributed by atoms with E-state index in [9.17, 15) is 14.0 Å². The van der Waals surface area contributed by atoms with Gasteiger partial charge in [-0.3, -0.25) is 4.79 Å². The summed E-state index contributed by atoms with van der Waals surface area (Å²) in [5.74, 6) is -1.51. The molecule has 2 fully saturated rings. The number of hydrogen-bond acceptors (Lipinski definition) is 2. The highest BCUT2D eigenvalue weighted by molar-refractivity contribution is 5.85. The number of carbonyl (C=O) groups excluding carboxylic acids is 1. The summed E-state index contributed by atoms with van der Waals surface area (Å²) in [6.45, 7) is 1.87. The fourth-order valence-electron chi connectivity index (χ4n) is 3.23. The number of halogens is 1. The third-order valence-electron chi connectivity index (χ3n) is 4.61. The molecule has 0 aromatic rings. The zero-order valence-corrected chi connectivity index (χ0v) is 11.5. The topological polar surface area (TPSA) is 57.6 Å². The first-order valence-electron chi connectivity index (χ1n) is 7.09. The predicted octanol–water partition coefficient (Wildman–Crippen LogP) is 2.37. The van der Waals surface area contributed by atoms with Crippen molar-refractivity contribution in [2.24, 2.45) is 5.41 Å². The van der Waals surface area contributed by atoms with E-state index in [1.165, 1.54) is 4.90 Å². The van der Waals surface area contributed by atoms with Crippen LogP contribution in [0.4, 0.5) is 4.39 Å². The average molecular weight is 271 g/mol. The lowest BCUT2D eigenvalue weighted by molar-refractivity contribution is -0.151. The molecular formula is C14H22FNO3. The fourth-order valence-corrected chi connectivity index (χ4v) is 3.23. The molecule has 1 amide bonds.